The molecule has 3 heteroatoms. The maximum atomic E-state index is 10.3. The average Bonchev–Trinajstić information content (AvgIpc) is 2.29. The molecule has 1 unspecified atom stereocenters. The first-order valence-corrected chi connectivity index (χ1v) is 5.84. The number of benzene rings is 1. The van der Waals surface area contributed by atoms with Gasteiger partial charge in [-0.05, 0) is 24.5 Å². The van der Waals surface area contributed by atoms with E-state index in [1.807, 2.05) is 39.0 Å². The first kappa shape index (κ1) is 13.8. The van der Waals surface area contributed by atoms with Gasteiger partial charge in [-0.2, -0.15) is 0 Å². The van der Waals surface area contributed by atoms with Gasteiger partial charge in [0.2, 0.25) is 0 Å². The Bertz CT molecular complexity index is 370. The predicted octanol–water partition coefficient (Wildman–Crippen LogP) is 2.65. The van der Waals surface area contributed by atoms with Crippen molar-refractivity contribution in [3.05, 3.63) is 23.8 Å². The quantitative estimate of drug-likeness (QED) is 0.857. The summed E-state index contributed by atoms with van der Waals surface area (Å²) in [4.78, 5) is 0. The van der Waals surface area contributed by atoms with Crippen LogP contribution in [0.1, 0.15) is 26.3 Å². The van der Waals surface area contributed by atoms with Crippen LogP contribution in [0.4, 0.5) is 0 Å². The summed E-state index contributed by atoms with van der Waals surface area (Å²) in [6, 6.07) is 5.66. The van der Waals surface area contributed by atoms with Crippen LogP contribution in [0.25, 0.3) is 0 Å². The molecular formula is C14H22O3. The van der Waals surface area contributed by atoms with E-state index in [2.05, 4.69) is 0 Å². The summed E-state index contributed by atoms with van der Waals surface area (Å²) >= 11 is 0. The lowest BCUT2D eigenvalue weighted by atomic mass is 9.86. The fourth-order valence-corrected chi connectivity index (χ4v) is 1.59. The van der Waals surface area contributed by atoms with Crippen LogP contribution < -0.4 is 9.47 Å². The van der Waals surface area contributed by atoms with Gasteiger partial charge in [0.25, 0.3) is 0 Å². The maximum Gasteiger partial charge on any atom is 0.125 e. The topological polar surface area (TPSA) is 38.7 Å². The molecule has 1 atom stereocenters. The van der Waals surface area contributed by atoms with Crippen molar-refractivity contribution in [1.82, 2.24) is 0 Å². The standard InChI is InChI=1S/C14H22O3/c1-10(2)14(3,15)9-11-6-7-12(16-4)8-13(11)17-5/h6-8,10,15H,9H2,1-5H3. The number of hydrogen-bond donors (Lipinski definition) is 1. The van der Waals surface area contributed by atoms with Gasteiger partial charge in [0.1, 0.15) is 11.5 Å². The molecule has 0 radical (unpaired) electrons. The Labute approximate surface area is 103 Å². The average molecular weight is 238 g/mol. The second-order valence-corrected chi connectivity index (χ2v) is 4.87. The molecule has 1 aromatic carbocycles. The summed E-state index contributed by atoms with van der Waals surface area (Å²) in [5.41, 5.74) is 0.258. The molecule has 0 aliphatic heterocycles. The number of rotatable bonds is 5. The molecule has 0 aromatic heterocycles. The lowest BCUT2D eigenvalue weighted by molar-refractivity contribution is 0.0135. The van der Waals surface area contributed by atoms with Gasteiger partial charge in [-0.3, -0.25) is 0 Å². The monoisotopic (exact) mass is 238 g/mol. The van der Waals surface area contributed by atoms with Crippen molar-refractivity contribution in [1.29, 1.82) is 0 Å². The highest BCUT2D eigenvalue weighted by Crippen LogP contribution is 2.30. The highest BCUT2D eigenvalue weighted by atomic mass is 16.5. The SMILES string of the molecule is COc1ccc(CC(C)(O)C(C)C)c(OC)c1. The molecule has 0 aliphatic rings. The zero-order valence-corrected chi connectivity index (χ0v) is 11.3. The first-order valence-electron chi connectivity index (χ1n) is 5.84. The Morgan fingerprint density at radius 3 is 2.35 bits per heavy atom. The second kappa shape index (κ2) is 5.41. The predicted molar refractivity (Wildman–Crippen MR) is 68.7 cm³/mol. The molecule has 0 saturated carbocycles. The Morgan fingerprint density at radius 2 is 1.88 bits per heavy atom. The van der Waals surface area contributed by atoms with Crippen LogP contribution in [-0.2, 0) is 6.42 Å². The van der Waals surface area contributed by atoms with E-state index in [9.17, 15) is 5.11 Å². The van der Waals surface area contributed by atoms with Gasteiger partial charge in [0.15, 0.2) is 0 Å². The van der Waals surface area contributed by atoms with Crippen molar-refractivity contribution < 1.29 is 14.6 Å². The van der Waals surface area contributed by atoms with E-state index in [4.69, 9.17) is 9.47 Å². The summed E-state index contributed by atoms with van der Waals surface area (Å²) in [5.74, 6) is 1.70. The van der Waals surface area contributed by atoms with Gasteiger partial charge in [-0.25, -0.2) is 0 Å². The molecule has 0 fully saturated rings. The molecule has 3 nitrogen and oxygen atoms in total. The molecule has 0 saturated heterocycles. The van der Waals surface area contributed by atoms with Gasteiger partial charge >= 0.3 is 0 Å². The largest absolute Gasteiger partial charge is 0.497 e. The molecule has 0 bridgehead atoms. The third-order valence-electron chi connectivity index (χ3n) is 3.29. The summed E-state index contributed by atoms with van der Waals surface area (Å²) in [5, 5.41) is 10.3. The molecule has 1 aromatic rings. The van der Waals surface area contributed by atoms with Crippen LogP contribution in [0, 0.1) is 5.92 Å². The molecule has 0 amide bonds. The first-order chi connectivity index (χ1) is 7.90. The summed E-state index contributed by atoms with van der Waals surface area (Å²) < 4.78 is 10.5. The molecule has 0 aliphatic carbocycles. The Kier molecular flexibility index (Phi) is 4.40. The van der Waals surface area contributed by atoms with E-state index in [1.165, 1.54) is 0 Å². The zero-order valence-electron chi connectivity index (χ0n) is 11.3. The summed E-state index contributed by atoms with van der Waals surface area (Å²) in [7, 11) is 3.25. The van der Waals surface area contributed by atoms with Gasteiger partial charge in [0.05, 0.1) is 19.8 Å². The van der Waals surface area contributed by atoms with Gasteiger partial charge < -0.3 is 14.6 Å². The minimum atomic E-state index is -0.734. The molecule has 0 spiro atoms. The lowest BCUT2D eigenvalue weighted by Gasteiger charge is -2.28. The normalized spacial score (nSPS) is 14.5. The van der Waals surface area contributed by atoms with Crippen molar-refractivity contribution in [3.63, 3.8) is 0 Å². The summed E-state index contributed by atoms with van der Waals surface area (Å²) in [6.07, 6.45) is 0.567. The third kappa shape index (κ3) is 3.37. The van der Waals surface area contributed by atoms with E-state index < -0.39 is 5.60 Å². The lowest BCUT2D eigenvalue weighted by Crippen LogP contribution is -2.33. The van der Waals surface area contributed by atoms with Gasteiger partial charge in [-0.1, -0.05) is 19.9 Å². The second-order valence-electron chi connectivity index (χ2n) is 4.87. The van der Waals surface area contributed by atoms with Crippen LogP contribution in [0.2, 0.25) is 0 Å². The number of aliphatic hydroxyl groups is 1. The van der Waals surface area contributed by atoms with Crippen LogP contribution in [0.5, 0.6) is 11.5 Å². The zero-order chi connectivity index (χ0) is 13.1. The van der Waals surface area contributed by atoms with Crippen molar-refractivity contribution in [2.24, 2.45) is 5.92 Å². The van der Waals surface area contributed by atoms with Crippen molar-refractivity contribution >= 4 is 0 Å². The van der Waals surface area contributed by atoms with Crippen molar-refractivity contribution in [3.8, 4) is 11.5 Å². The van der Waals surface area contributed by atoms with E-state index >= 15 is 0 Å². The Hall–Kier alpha value is -1.22. The van der Waals surface area contributed by atoms with Crippen LogP contribution >= 0.6 is 0 Å². The van der Waals surface area contributed by atoms with Crippen LogP contribution in [0.15, 0.2) is 18.2 Å². The molecule has 17 heavy (non-hydrogen) atoms. The summed E-state index contributed by atoms with van der Waals surface area (Å²) in [6.45, 7) is 5.87. The van der Waals surface area contributed by atoms with Gasteiger partial charge in [-0.15, -0.1) is 0 Å². The highest BCUT2D eigenvalue weighted by molar-refractivity contribution is 5.41. The number of methoxy groups -OCH3 is 2. The molecular weight excluding hydrogens is 216 g/mol. The maximum absolute atomic E-state index is 10.3. The van der Waals surface area contributed by atoms with E-state index in [-0.39, 0.29) is 5.92 Å². The molecule has 96 valence electrons. The number of hydrogen-bond acceptors (Lipinski definition) is 3. The minimum absolute atomic E-state index is 0.189. The fraction of sp³-hybridized carbons (Fsp3) is 0.571. The molecule has 0 heterocycles. The number of ether oxygens (including phenoxy) is 2. The van der Waals surface area contributed by atoms with E-state index in [0.717, 1.165) is 17.1 Å². The minimum Gasteiger partial charge on any atom is -0.497 e. The Morgan fingerprint density at radius 1 is 1.24 bits per heavy atom. The van der Waals surface area contributed by atoms with E-state index in [1.54, 1.807) is 14.2 Å². The smallest absolute Gasteiger partial charge is 0.125 e. The van der Waals surface area contributed by atoms with E-state index in [0.29, 0.717) is 6.42 Å². The molecule has 1 N–H and O–H groups in total. The van der Waals surface area contributed by atoms with Crippen molar-refractivity contribution in [2.75, 3.05) is 14.2 Å². The fourth-order valence-electron chi connectivity index (χ4n) is 1.59. The van der Waals surface area contributed by atoms with Crippen molar-refractivity contribution in [2.45, 2.75) is 32.8 Å². The molecule has 1 rings (SSSR count). The van der Waals surface area contributed by atoms with Crippen LogP contribution in [-0.4, -0.2) is 24.9 Å². The third-order valence-corrected chi connectivity index (χ3v) is 3.29. The van der Waals surface area contributed by atoms with Crippen LogP contribution in [0.3, 0.4) is 0 Å². The highest BCUT2D eigenvalue weighted by Gasteiger charge is 2.26. The Balaban J connectivity index is 2.98. The van der Waals surface area contributed by atoms with Gasteiger partial charge in [0, 0.05) is 12.5 Å².